The van der Waals surface area contributed by atoms with Crippen LogP contribution in [0.5, 0.6) is 5.75 Å². The Labute approximate surface area is 120 Å². The molecule has 1 rings (SSSR count). The van der Waals surface area contributed by atoms with E-state index in [9.17, 15) is 9.90 Å². The van der Waals surface area contributed by atoms with Gasteiger partial charge in [-0.25, -0.2) is 4.79 Å². The Morgan fingerprint density at radius 3 is 2.75 bits per heavy atom. The molecule has 1 unspecified atom stereocenters. The number of hydrogen-bond acceptors (Lipinski definition) is 4. The smallest absolute Gasteiger partial charge is 0.407 e. The van der Waals surface area contributed by atoms with Crippen LogP contribution in [0, 0.1) is 0 Å². The molecule has 0 spiro atoms. The molecule has 0 saturated heterocycles. The average molecular weight is 280 g/mol. The number of amides is 1. The maximum Gasteiger partial charge on any atom is 0.407 e. The summed E-state index contributed by atoms with van der Waals surface area (Å²) in [6.07, 6.45) is 1.02. The van der Waals surface area contributed by atoms with E-state index < -0.39 is 11.7 Å². The summed E-state index contributed by atoms with van der Waals surface area (Å²) in [5.74, 6) is 0.253. The molecule has 5 nitrogen and oxygen atoms in total. The van der Waals surface area contributed by atoms with Gasteiger partial charge >= 0.3 is 6.09 Å². The number of nitrogens with two attached hydrogens (primary N) is 1. The fraction of sp³-hybridized carbons (Fsp3) is 0.533. The number of nitrogens with one attached hydrogen (secondary N) is 1. The van der Waals surface area contributed by atoms with Crippen LogP contribution in [0.1, 0.15) is 32.8 Å². The number of ether oxygens (including phenoxy) is 1. The zero-order valence-corrected chi connectivity index (χ0v) is 12.3. The maximum atomic E-state index is 11.5. The van der Waals surface area contributed by atoms with Gasteiger partial charge in [-0.2, -0.15) is 0 Å². The van der Waals surface area contributed by atoms with Crippen molar-refractivity contribution in [2.45, 2.75) is 45.3 Å². The van der Waals surface area contributed by atoms with E-state index in [4.69, 9.17) is 10.5 Å². The number of alkyl carbamates (subject to hydrolysis) is 1. The molecular weight excluding hydrogens is 256 g/mol. The molecule has 0 bridgehead atoms. The van der Waals surface area contributed by atoms with E-state index in [1.54, 1.807) is 18.2 Å². The van der Waals surface area contributed by atoms with Crippen molar-refractivity contribution < 1.29 is 14.6 Å². The molecule has 0 fully saturated rings. The molecule has 0 aliphatic carbocycles. The van der Waals surface area contributed by atoms with Crippen LogP contribution in [0.4, 0.5) is 4.79 Å². The molecule has 0 heterocycles. The third-order valence-corrected chi connectivity index (χ3v) is 2.62. The first-order valence-corrected chi connectivity index (χ1v) is 6.76. The highest BCUT2D eigenvalue weighted by molar-refractivity contribution is 5.67. The molecule has 20 heavy (non-hydrogen) atoms. The van der Waals surface area contributed by atoms with Crippen molar-refractivity contribution in [3.63, 3.8) is 0 Å². The van der Waals surface area contributed by atoms with Crippen LogP contribution in [-0.2, 0) is 11.2 Å². The van der Waals surface area contributed by atoms with Gasteiger partial charge < -0.3 is 20.9 Å². The van der Waals surface area contributed by atoms with Gasteiger partial charge in [0, 0.05) is 12.6 Å². The minimum absolute atomic E-state index is 0.148. The molecule has 0 aromatic heterocycles. The lowest BCUT2D eigenvalue weighted by molar-refractivity contribution is 0.0524. The zero-order chi connectivity index (χ0) is 15.2. The lowest BCUT2D eigenvalue weighted by Crippen LogP contribution is -2.40. The summed E-state index contributed by atoms with van der Waals surface area (Å²) < 4.78 is 5.13. The molecule has 1 atom stereocenters. The fourth-order valence-corrected chi connectivity index (χ4v) is 1.69. The number of carbonyl (C=O) groups is 1. The number of aromatic hydroxyl groups is 1. The molecule has 0 aliphatic heterocycles. The predicted molar refractivity (Wildman–Crippen MR) is 78.6 cm³/mol. The molecule has 112 valence electrons. The van der Waals surface area contributed by atoms with E-state index >= 15 is 0 Å². The van der Waals surface area contributed by atoms with Gasteiger partial charge in [-0.3, -0.25) is 0 Å². The third-order valence-electron chi connectivity index (χ3n) is 2.62. The van der Waals surface area contributed by atoms with E-state index in [2.05, 4.69) is 5.32 Å². The number of rotatable bonds is 5. The second-order valence-electron chi connectivity index (χ2n) is 5.85. The first kappa shape index (κ1) is 16.3. The van der Waals surface area contributed by atoms with Gasteiger partial charge in [-0.1, -0.05) is 12.1 Å². The highest BCUT2D eigenvalue weighted by Gasteiger charge is 2.16. The van der Waals surface area contributed by atoms with Gasteiger partial charge in [0.05, 0.1) is 0 Å². The van der Waals surface area contributed by atoms with Crippen LogP contribution in [0.3, 0.4) is 0 Å². The molecule has 4 N–H and O–H groups in total. The normalized spacial score (nSPS) is 12.8. The van der Waals surface area contributed by atoms with Gasteiger partial charge in [0.1, 0.15) is 11.4 Å². The summed E-state index contributed by atoms with van der Waals surface area (Å²) in [5.41, 5.74) is 6.46. The van der Waals surface area contributed by atoms with Gasteiger partial charge in [0.25, 0.3) is 0 Å². The standard InChI is InChI=1S/C15H24N2O3/c1-15(2,3)20-14(19)17-10-12(16)8-7-11-5-4-6-13(18)9-11/h4-6,9,12,18H,7-8,10,16H2,1-3H3,(H,17,19). The topological polar surface area (TPSA) is 84.6 Å². The Morgan fingerprint density at radius 2 is 2.15 bits per heavy atom. The summed E-state index contributed by atoms with van der Waals surface area (Å²) in [7, 11) is 0. The lowest BCUT2D eigenvalue weighted by Gasteiger charge is -2.20. The van der Waals surface area contributed by atoms with Crippen LogP contribution >= 0.6 is 0 Å². The monoisotopic (exact) mass is 280 g/mol. The first-order valence-electron chi connectivity index (χ1n) is 6.76. The van der Waals surface area contributed by atoms with Gasteiger partial charge in [0.15, 0.2) is 0 Å². The van der Waals surface area contributed by atoms with Gasteiger partial charge in [-0.05, 0) is 51.3 Å². The minimum atomic E-state index is -0.504. The van der Waals surface area contributed by atoms with Crippen molar-refractivity contribution in [1.29, 1.82) is 0 Å². The summed E-state index contributed by atoms with van der Waals surface area (Å²) in [6, 6.07) is 6.94. The average Bonchev–Trinajstić information content (AvgIpc) is 2.32. The van der Waals surface area contributed by atoms with Crippen molar-refractivity contribution in [3.05, 3.63) is 29.8 Å². The number of phenols is 1. The Hall–Kier alpha value is -1.75. The summed E-state index contributed by atoms with van der Waals surface area (Å²) in [5, 5.41) is 12.0. The van der Waals surface area contributed by atoms with Crippen LogP contribution in [-0.4, -0.2) is 29.4 Å². The molecule has 1 aromatic carbocycles. The van der Waals surface area contributed by atoms with E-state index in [1.807, 2.05) is 26.8 Å². The Balaban J connectivity index is 2.27. The summed E-state index contributed by atoms with van der Waals surface area (Å²) in [6.45, 7) is 5.81. The van der Waals surface area contributed by atoms with E-state index in [-0.39, 0.29) is 11.8 Å². The molecule has 5 heteroatoms. The van der Waals surface area contributed by atoms with E-state index in [0.29, 0.717) is 6.54 Å². The van der Waals surface area contributed by atoms with Gasteiger partial charge in [-0.15, -0.1) is 0 Å². The van der Waals surface area contributed by atoms with Crippen molar-refractivity contribution in [3.8, 4) is 5.75 Å². The Bertz CT molecular complexity index is 441. The summed E-state index contributed by atoms with van der Waals surface area (Å²) in [4.78, 5) is 11.5. The third kappa shape index (κ3) is 6.99. The lowest BCUT2D eigenvalue weighted by atomic mass is 10.1. The van der Waals surface area contributed by atoms with Crippen molar-refractivity contribution in [1.82, 2.24) is 5.32 Å². The summed E-state index contributed by atoms with van der Waals surface area (Å²) >= 11 is 0. The van der Waals surface area contributed by atoms with Crippen LogP contribution < -0.4 is 11.1 Å². The van der Waals surface area contributed by atoms with Crippen molar-refractivity contribution >= 4 is 6.09 Å². The Morgan fingerprint density at radius 1 is 1.45 bits per heavy atom. The molecule has 0 saturated carbocycles. The highest BCUT2D eigenvalue weighted by atomic mass is 16.6. The molecule has 0 radical (unpaired) electrons. The van der Waals surface area contributed by atoms with Crippen molar-refractivity contribution in [2.75, 3.05) is 6.54 Å². The van der Waals surface area contributed by atoms with E-state index in [0.717, 1.165) is 18.4 Å². The molecule has 1 aromatic rings. The van der Waals surface area contributed by atoms with E-state index in [1.165, 1.54) is 0 Å². The van der Waals surface area contributed by atoms with Crippen LogP contribution in [0.15, 0.2) is 24.3 Å². The number of hydrogen-bond donors (Lipinski definition) is 3. The van der Waals surface area contributed by atoms with Gasteiger partial charge in [0.2, 0.25) is 0 Å². The maximum absolute atomic E-state index is 11.5. The number of phenolic OH excluding ortho intramolecular Hbond substituents is 1. The first-order chi connectivity index (χ1) is 9.26. The predicted octanol–water partition coefficient (Wildman–Crippen LogP) is 2.18. The molecular formula is C15H24N2O3. The molecule has 0 aliphatic rings. The Kier molecular flexibility index (Phi) is 5.82. The minimum Gasteiger partial charge on any atom is -0.508 e. The van der Waals surface area contributed by atoms with Crippen molar-refractivity contribution in [2.24, 2.45) is 5.73 Å². The van der Waals surface area contributed by atoms with Crippen LogP contribution in [0.25, 0.3) is 0 Å². The number of aryl methyl sites for hydroxylation is 1. The number of benzene rings is 1. The zero-order valence-electron chi connectivity index (χ0n) is 12.3. The number of carbonyl (C=O) groups excluding carboxylic acids is 1. The highest BCUT2D eigenvalue weighted by Crippen LogP contribution is 2.13. The molecule has 1 amide bonds. The quantitative estimate of drug-likeness (QED) is 0.771. The second kappa shape index (κ2) is 7.14. The second-order valence-corrected chi connectivity index (χ2v) is 5.85. The van der Waals surface area contributed by atoms with Crippen LogP contribution in [0.2, 0.25) is 0 Å². The SMILES string of the molecule is CC(C)(C)OC(=O)NCC(N)CCc1cccc(O)c1. The largest absolute Gasteiger partial charge is 0.508 e. The fourth-order valence-electron chi connectivity index (χ4n) is 1.69.